The molecular formula is C15H15ClN2O2. The first kappa shape index (κ1) is 14.3. The zero-order chi connectivity index (χ0) is 14.7. The van der Waals surface area contributed by atoms with E-state index in [9.17, 15) is 10.1 Å². The minimum Gasteiger partial charge on any atom is -0.370 e. The van der Waals surface area contributed by atoms with Gasteiger partial charge in [0.15, 0.2) is 0 Å². The lowest BCUT2D eigenvalue weighted by molar-refractivity contribution is -0.384. The van der Waals surface area contributed by atoms with Crippen LogP contribution in [0.4, 0.5) is 11.4 Å². The Hall–Kier alpha value is -2.07. The zero-order valence-electron chi connectivity index (χ0n) is 11.3. The Morgan fingerprint density at radius 3 is 2.60 bits per heavy atom. The molecule has 20 heavy (non-hydrogen) atoms. The Kier molecular flexibility index (Phi) is 4.25. The van der Waals surface area contributed by atoms with Crippen molar-refractivity contribution >= 4 is 23.0 Å². The van der Waals surface area contributed by atoms with Crippen LogP contribution in [0.15, 0.2) is 42.5 Å². The number of nitro groups is 1. The molecule has 0 bridgehead atoms. The van der Waals surface area contributed by atoms with E-state index in [4.69, 9.17) is 11.6 Å². The maximum absolute atomic E-state index is 10.9. The van der Waals surface area contributed by atoms with Crippen molar-refractivity contribution in [3.63, 3.8) is 0 Å². The number of benzene rings is 2. The van der Waals surface area contributed by atoms with Gasteiger partial charge in [-0.2, -0.15) is 0 Å². The highest BCUT2D eigenvalue weighted by atomic mass is 35.5. The summed E-state index contributed by atoms with van der Waals surface area (Å²) in [5.74, 6) is 0. The highest BCUT2D eigenvalue weighted by Gasteiger charge is 2.14. The van der Waals surface area contributed by atoms with Crippen LogP contribution in [-0.2, 0) is 6.54 Å². The summed E-state index contributed by atoms with van der Waals surface area (Å²) >= 11 is 5.81. The van der Waals surface area contributed by atoms with E-state index in [0.29, 0.717) is 6.54 Å². The molecule has 104 valence electrons. The highest BCUT2D eigenvalue weighted by Crippen LogP contribution is 2.27. The lowest BCUT2D eigenvalue weighted by Crippen LogP contribution is -2.17. The molecule has 0 heterocycles. The minimum atomic E-state index is -0.459. The summed E-state index contributed by atoms with van der Waals surface area (Å²) in [7, 11) is 1.96. The van der Waals surface area contributed by atoms with Crippen LogP contribution in [0.3, 0.4) is 0 Å². The van der Waals surface area contributed by atoms with Crippen LogP contribution in [0.25, 0.3) is 0 Å². The molecular weight excluding hydrogens is 276 g/mol. The summed E-state index contributed by atoms with van der Waals surface area (Å²) in [4.78, 5) is 12.5. The van der Waals surface area contributed by atoms with E-state index in [2.05, 4.69) is 4.90 Å². The third-order valence-corrected chi connectivity index (χ3v) is 3.47. The Labute approximate surface area is 122 Å². The number of hydrogen-bond acceptors (Lipinski definition) is 3. The van der Waals surface area contributed by atoms with E-state index in [1.54, 1.807) is 6.07 Å². The van der Waals surface area contributed by atoms with Crippen LogP contribution < -0.4 is 4.90 Å². The van der Waals surface area contributed by atoms with Crippen molar-refractivity contribution in [1.82, 2.24) is 0 Å². The smallest absolute Gasteiger partial charge is 0.288 e. The number of para-hydroxylation sites is 1. The second kappa shape index (κ2) is 5.92. The van der Waals surface area contributed by atoms with Crippen molar-refractivity contribution in [3.8, 4) is 0 Å². The molecule has 0 saturated heterocycles. The molecule has 0 spiro atoms. The van der Waals surface area contributed by atoms with E-state index in [0.717, 1.165) is 11.3 Å². The van der Waals surface area contributed by atoms with Crippen molar-refractivity contribution < 1.29 is 4.92 Å². The van der Waals surface area contributed by atoms with Gasteiger partial charge in [0, 0.05) is 25.3 Å². The number of aryl methyl sites for hydroxylation is 1. The number of nitro benzene ring substituents is 1. The predicted molar refractivity (Wildman–Crippen MR) is 81.4 cm³/mol. The summed E-state index contributed by atoms with van der Waals surface area (Å²) in [5, 5.41) is 11.1. The molecule has 0 aromatic heterocycles. The molecule has 0 radical (unpaired) electrons. The first-order chi connectivity index (χ1) is 9.49. The van der Waals surface area contributed by atoms with Gasteiger partial charge >= 0.3 is 0 Å². The summed E-state index contributed by atoms with van der Waals surface area (Å²) in [6, 6.07) is 12.9. The number of rotatable bonds is 4. The van der Waals surface area contributed by atoms with Crippen LogP contribution >= 0.6 is 11.6 Å². The van der Waals surface area contributed by atoms with Gasteiger partial charge in [0.2, 0.25) is 0 Å². The van der Waals surface area contributed by atoms with Gasteiger partial charge in [-0.05, 0) is 30.2 Å². The molecule has 2 aromatic rings. The molecule has 0 fully saturated rings. The standard InChI is InChI=1S/C15H15ClN2O2/c1-11-5-3-4-6-14(11)17(2)10-12-7-8-13(16)15(9-12)18(19)20/h3-9H,10H2,1-2H3. The monoisotopic (exact) mass is 290 g/mol. The van der Waals surface area contributed by atoms with Crippen LogP contribution in [0.2, 0.25) is 5.02 Å². The van der Waals surface area contributed by atoms with Gasteiger partial charge < -0.3 is 4.90 Å². The molecule has 4 nitrogen and oxygen atoms in total. The minimum absolute atomic E-state index is 0.0534. The summed E-state index contributed by atoms with van der Waals surface area (Å²) in [6.45, 7) is 2.62. The lowest BCUT2D eigenvalue weighted by Gasteiger charge is -2.21. The number of hydrogen-bond donors (Lipinski definition) is 0. The number of nitrogens with zero attached hydrogens (tertiary/aromatic N) is 2. The van der Waals surface area contributed by atoms with Gasteiger partial charge in [0.05, 0.1) is 4.92 Å². The largest absolute Gasteiger partial charge is 0.370 e. The molecule has 2 rings (SSSR count). The summed E-state index contributed by atoms with van der Waals surface area (Å²) in [6.07, 6.45) is 0. The van der Waals surface area contributed by atoms with Gasteiger partial charge in [-0.15, -0.1) is 0 Å². The average molecular weight is 291 g/mol. The molecule has 0 aliphatic heterocycles. The molecule has 0 amide bonds. The van der Waals surface area contributed by atoms with Crippen LogP contribution in [-0.4, -0.2) is 12.0 Å². The summed E-state index contributed by atoms with van der Waals surface area (Å²) in [5.41, 5.74) is 3.07. The van der Waals surface area contributed by atoms with E-state index in [-0.39, 0.29) is 10.7 Å². The van der Waals surface area contributed by atoms with E-state index < -0.39 is 4.92 Å². The maximum Gasteiger partial charge on any atom is 0.288 e. The molecule has 0 aliphatic carbocycles. The second-order valence-corrected chi connectivity index (χ2v) is 5.09. The van der Waals surface area contributed by atoms with E-state index >= 15 is 0 Å². The zero-order valence-corrected chi connectivity index (χ0v) is 12.1. The SMILES string of the molecule is Cc1ccccc1N(C)Cc1ccc(Cl)c([N+](=O)[O-])c1. The van der Waals surface area contributed by atoms with Crippen molar-refractivity contribution in [2.75, 3.05) is 11.9 Å². The topological polar surface area (TPSA) is 46.4 Å². The lowest BCUT2D eigenvalue weighted by atomic mass is 10.1. The Bertz CT molecular complexity index is 644. The van der Waals surface area contributed by atoms with Crippen molar-refractivity contribution in [3.05, 3.63) is 68.7 Å². The molecule has 2 aromatic carbocycles. The Balaban J connectivity index is 2.24. The fourth-order valence-electron chi connectivity index (χ4n) is 2.15. The third kappa shape index (κ3) is 3.08. The van der Waals surface area contributed by atoms with Gasteiger partial charge in [-0.3, -0.25) is 10.1 Å². The molecule has 0 saturated carbocycles. The molecule has 0 N–H and O–H groups in total. The average Bonchev–Trinajstić information content (AvgIpc) is 2.41. The Morgan fingerprint density at radius 2 is 1.95 bits per heavy atom. The quantitative estimate of drug-likeness (QED) is 0.626. The Morgan fingerprint density at radius 1 is 1.25 bits per heavy atom. The van der Waals surface area contributed by atoms with Crippen LogP contribution in [0, 0.1) is 17.0 Å². The van der Waals surface area contributed by atoms with E-state index in [1.165, 1.54) is 11.6 Å². The maximum atomic E-state index is 10.9. The van der Waals surface area contributed by atoms with Gasteiger partial charge in [0.25, 0.3) is 5.69 Å². The summed E-state index contributed by atoms with van der Waals surface area (Å²) < 4.78 is 0. The van der Waals surface area contributed by atoms with Gasteiger partial charge in [-0.1, -0.05) is 35.9 Å². The van der Waals surface area contributed by atoms with Crippen LogP contribution in [0.5, 0.6) is 0 Å². The number of halogens is 1. The normalized spacial score (nSPS) is 10.3. The second-order valence-electron chi connectivity index (χ2n) is 4.69. The van der Waals surface area contributed by atoms with Crippen LogP contribution in [0.1, 0.15) is 11.1 Å². The molecule has 0 unspecified atom stereocenters. The molecule has 0 atom stereocenters. The van der Waals surface area contributed by atoms with Crippen molar-refractivity contribution in [2.24, 2.45) is 0 Å². The van der Waals surface area contributed by atoms with E-state index in [1.807, 2.05) is 44.3 Å². The number of anilines is 1. The fourth-order valence-corrected chi connectivity index (χ4v) is 2.33. The first-order valence-corrected chi connectivity index (χ1v) is 6.56. The van der Waals surface area contributed by atoms with Crippen molar-refractivity contribution in [1.29, 1.82) is 0 Å². The molecule has 5 heteroatoms. The first-order valence-electron chi connectivity index (χ1n) is 6.18. The fraction of sp³-hybridized carbons (Fsp3) is 0.200. The van der Waals surface area contributed by atoms with Gasteiger partial charge in [-0.25, -0.2) is 0 Å². The molecule has 0 aliphatic rings. The van der Waals surface area contributed by atoms with Gasteiger partial charge in [0.1, 0.15) is 5.02 Å². The highest BCUT2D eigenvalue weighted by molar-refractivity contribution is 6.32. The van der Waals surface area contributed by atoms with Crippen molar-refractivity contribution in [2.45, 2.75) is 13.5 Å². The predicted octanol–water partition coefficient (Wildman–Crippen LogP) is 4.19. The third-order valence-electron chi connectivity index (χ3n) is 3.15.